The summed E-state index contributed by atoms with van der Waals surface area (Å²) in [5, 5.41) is 9.23. The first-order valence-electron chi connectivity index (χ1n) is 4.91. The van der Waals surface area contributed by atoms with Crippen LogP contribution in [-0.2, 0) is 0 Å². The Bertz CT molecular complexity index is 330. The number of aldehydes is 1. The highest BCUT2D eigenvalue weighted by Gasteiger charge is 2.22. The van der Waals surface area contributed by atoms with Gasteiger partial charge in [0.25, 0.3) is 0 Å². The van der Waals surface area contributed by atoms with E-state index in [4.69, 9.17) is 0 Å². The van der Waals surface area contributed by atoms with E-state index < -0.39 is 0 Å². The highest BCUT2D eigenvalue weighted by Crippen LogP contribution is 2.21. The van der Waals surface area contributed by atoms with Gasteiger partial charge in [-0.05, 0) is 38.1 Å². The van der Waals surface area contributed by atoms with Gasteiger partial charge in [-0.25, -0.2) is 0 Å². The van der Waals surface area contributed by atoms with E-state index in [1.165, 1.54) is 0 Å². The number of aliphatic hydroxyl groups is 1. The second-order valence-electron chi connectivity index (χ2n) is 4.24. The maximum absolute atomic E-state index is 10.5. The molecule has 0 saturated carbocycles. The Morgan fingerprint density at radius 1 is 1.33 bits per heavy atom. The number of hydrogen-bond acceptors (Lipinski definition) is 3. The van der Waals surface area contributed by atoms with Crippen LogP contribution in [0.5, 0.6) is 0 Å². The fraction of sp³-hybridized carbons (Fsp3) is 0.417. The second-order valence-corrected chi connectivity index (χ2v) is 4.24. The van der Waals surface area contributed by atoms with Gasteiger partial charge in [-0.15, -0.1) is 0 Å². The van der Waals surface area contributed by atoms with Gasteiger partial charge in [-0.2, -0.15) is 0 Å². The van der Waals surface area contributed by atoms with Crippen LogP contribution in [-0.4, -0.2) is 30.6 Å². The van der Waals surface area contributed by atoms with Crippen molar-refractivity contribution in [1.29, 1.82) is 0 Å². The van der Waals surface area contributed by atoms with Crippen molar-refractivity contribution >= 4 is 12.0 Å². The maximum atomic E-state index is 10.5. The van der Waals surface area contributed by atoms with Crippen molar-refractivity contribution in [3.8, 4) is 0 Å². The molecule has 0 aliphatic carbocycles. The van der Waals surface area contributed by atoms with Crippen LogP contribution in [0.25, 0.3) is 0 Å². The smallest absolute Gasteiger partial charge is 0.150 e. The first-order valence-corrected chi connectivity index (χ1v) is 4.91. The standard InChI is InChI=1S/C12H17NO2/c1-12(2,9-15)13(3)11-6-4-10(8-14)5-7-11/h4-8,15H,9H2,1-3H3. The number of carbonyl (C=O) groups is 1. The minimum Gasteiger partial charge on any atom is -0.394 e. The van der Waals surface area contributed by atoms with E-state index >= 15 is 0 Å². The zero-order chi connectivity index (χ0) is 11.5. The summed E-state index contributed by atoms with van der Waals surface area (Å²) in [4.78, 5) is 12.5. The normalized spacial score (nSPS) is 11.2. The predicted octanol–water partition coefficient (Wildman–Crippen LogP) is 1.71. The largest absolute Gasteiger partial charge is 0.394 e. The van der Waals surface area contributed by atoms with Crippen LogP contribution in [0.3, 0.4) is 0 Å². The molecule has 1 aromatic carbocycles. The van der Waals surface area contributed by atoms with Crippen LogP contribution in [0.4, 0.5) is 5.69 Å². The van der Waals surface area contributed by atoms with Gasteiger partial charge in [0, 0.05) is 18.3 Å². The number of anilines is 1. The molecule has 1 rings (SSSR count). The lowest BCUT2D eigenvalue weighted by Crippen LogP contribution is -2.44. The summed E-state index contributed by atoms with van der Waals surface area (Å²) in [6, 6.07) is 7.29. The Hall–Kier alpha value is -1.35. The van der Waals surface area contributed by atoms with Gasteiger partial charge in [0.15, 0.2) is 0 Å². The summed E-state index contributed by atoms with van der Waals surface area (Å²) in [5.41, 5.74) is 1.34. The molecule has 0 radical (unpaired) electrons. The lowest BCUT2D eigenvalue weighted by atomic mass is 10.0. The van der Waals surface area contributed by atoms with Crippen molar-refractivity contribution < 1.29 is 9.90 Å². The molecule has 0 aliphatic rings. The van der Waals surface area contributed by atoms with Gasteiger partial charge in [0.05, 0.1) is 12.1 Å². The number of rotatable bonds is 4. The number of carbonyl (C=O) groups excluding carboxylic acids is 1. The van der Waals surface area contributed by atoms with Gasteiger partial charge in [0.1, 0.15) is 6.29 Å². The van der Waals surface area contributed by atoms with Crippen LogP contribution in [0.2, 0.25) is 0 Å². The van der Waals surface area contributed by atoms with Gasteiger partial charge >= 0.3 is 0 Å². The molecule has 15 heavy (non-hydrogen) atoms. The molecule has 82 valence electrons. The van der Waals surface area contributed by atoms with Gasteiger partial charge < -0.3 is 10.0 Å². The fourth-order valence-corrected chi connectivity index (χ4v) is 1.23. The first-order chi connectivity index (χ1) is 7.01. The van der Waals surface area contributed by atoms with Crippen molar-refractivity contribution in [2.75, 3.05) is 18.6 Å². The molecular formula is C12H17NO2. The topological polar surface area (TPSA) is 40.5 Å². The van der Waals surface area contributed by atoms with Crippen molar-refractivity contribution in [2.24, 2.45) is 0 Å². The number of likely N-dealkylation sites (N-methyl/N-ethyl adjacent to an activating group) is 1. The highest BCUT2D eigenvalue weighted by atomic mass is 16.3. The molecule has 1 N–H and O–H groups in total. The summed E-state index contributed by atoms with van der Waals surface area (Å²) in [7, 11) is 1.92. The summed E-state index contributed by atoms with van der Waals surface area (Å²) in [5.74, 6) is 0. The number of aliphatic hydroxyl groups excluding tert-OH is 1. The van der Waals surface area contributed by atoms with E-state index in [-0.39, 0.29) is 12.1 Å². The quantitative estimate of drug-likeness (QED) is 0.764. The molecule has 0 fully saturated rings. The van der Waals surface area contributed by atoms with Crippen LogP contribution in [0.15, 0.2) is 24.3 Å². The Kier molecular flexibility index (Phi) is 3.48. The Labute approximate surface area is 90.3 Å². The van der Waals surface area contributed by atoms with E-state index in [1.807, 2.05) is 37.9 Å². The molecule has 1 aromatic rings. The SMILES string of the molecule is CN(c1ccc(C=O)cc1)C(C)(C)CO. The molecule has 0 bridgehead atoms. The van der Waals surface area contributed by atoms with Crippen LogP contribution >= 0.6 is 0 Å². The minimum atomic E-state index is -0.303. The zero-order valence-corrected chi connectivity index (χ0v) is 9.40. The molecule has 0 spiro atoms. The Balaban J connectivity index is 2.91. The third-order valence-corrected chi connectivity index (χ3v) is 2.71. The summed E-state index contributed by atoms with van der Waals surface area (Å²) in [6.07, 6.45) is 0.820. The third kappa shape index (κ3) is 2.57. The molecular weight excluding hydrogens is 190 g/mol. The van der Waals surface area contributed by atoms with Crippen LogP contribution < -0.4 is 4.90 Å². The average Bonchev–Trinajstić information content (AvgIpc) is 2.28. The average molecular weight is 207 g/mol. The molecule has 0 aliphatic heterocycles. The monoisotopic (exact) mass is 207 g/mol. The van der Waals surface area contributed by atoms with Crippen molar-refractivity contribution in [1.82, 2.24) is 0 Å². The molecule has 0 saturated heterocycles. The van der Waals surface area contributed by atoms with E-state index in [0.717, 1.165) is 12.0 Å². The summed E-state index contributed by atoms with van der Waals surface area (Å²) in [6.45, 7) is 4.00. The Morgan fingerprint density at radius 2 is 1.87 bits per heavy atom. The van der Waals surface area contributed by atoms with Gasteiger partial charge in [-0.3, -0.25) is 4.79 Å². The number of benzene rings is 1. The lowest BCUT2D eigenvalue weighted by molar-refractivity contribution is 0.112. The maximum Gasteiger partial charge on any atom is 0.150 e. The molecule has 0 heterocycles. The first kappa shape index (κ1) is 11.7. The van der Waals surface area contributed by atoms with E-state index in [2.05, 4.69) is 0 Å². The molecule has 0 unspecified atom stereocenters. The van der Waals surface area contributed by atoms with Crippen molar-refractivity contribution in [3.05, 3.63) is 29.8 Å². The molecule has 0 amide bonds. The zero-order valence-electron chi connectivity index (χ0n) is 9.40. The predicted molar refractivity (Wildman–Crippen MR) is 61.4 cm³/mol. The van der Waals surface area contributed by atoms with Crippen molar-refractivity contribution in [2.45, 2.75) is 19.4 Å². The second kappa shape index (κ2) is 4.45. The molecule has 3 nitrogen and oxygen atoms in total. The highest BCUT2D eigenvalue weighted by molar-refractivity contribution is 5.75. The molecule has 3 heteroatoms. The molecule has 0 aromatic heterocycles. The van der Waals surface area contributed by atoms with E-state index in [9.17, 15) is 9.90 Å². The third-order valence-electron chi connectivity index (χ3n) is 2.71. The Morgan fingerprint density at radius 3 is 2.27 bits per heavy atom. The number of nitrogens with zero attached hydrogens (tertiary/aromatic N) is 1. The minimum absolute atomic E-state index is 0.0823. The van der Waals surface area contributed by atoms with Crippen LogP contribution in [0, 0.1) is 0 Å². The molecule has 0 atom stereocenters. The summed E-state index contributed by atoms with van der Waals surface area (Å²) < 4.78 is 0. The van der Waals surface area contributed by atoms with Gasteiger partial charge in [0.2, 0.25) is 0 Å². The summed E-state index contributed by atoms with van der Waals surface area (Å²) >= 11 is 0. The van der Waals surface area contributed by atoms with Crippen molar-refractivity contribution in [3.63, 3.8) is 0 Å². The number of hydrogen-bond donors (Lipinski definition) is 1. The fourth-order valence-electron chi connectivity index (χ4n) is 1.23. The van der Waals surface area contributed by atoms with E-state index in [0.29, 0.717) is 5.56 Å². The van der Waals surface area contributed by atoms with Crippen LogP contribution in [0.1, 0.15) is 24.2 Å². The van der Waals surface area contributed by atoms with Gasteiger partial charge in [-0.1, -0.05) is 0 Å². The lowest BCUT2D eigenvalue weighted by Gasteiger charge is -2.35. The van der Waals surface area contributed by atoms with E-state index in [1.54, 1.807) is 12.1 Å².